The van der Waals surface area contributed by atoms with Gasteiger partial charge in [-0.05, 0) is 24.6 Å². The predicted molar refractivity (Wildman–Crippen MR) is 71.6 cm³/mol. The molecule has 0 unspecified atom stereocenters. The zero-order chi connectivity index (χ0) is 15.8. The summed E-state index contributed by atoms with van der Waals surface area (Å²) in [5.41, 5.74) is -0.300. The van der Waals surface area contributed by atoms with E-state index in [0.717, 1.165) is 12.1 Å². The van der Waals surface area contributed by atoms with Crippen LogP contribution >= 0.6 is 0 Å². The van der Waals surface area contributed by atoms with Gasteiger partial charge in [-0.3, -0.25) is 0 Å². The molecule has 1 aromatic carbocycles. The van der Waals surface area contributed by atoms with Crippen molar-refractivity contribution in [1.29, 1.82) is 0 Å². The molecule has 0 aliphatic heterocycles. The summed E-state index contributed by atoms with van der Waals surface area (Å²) in [7, 11) is -2.56. The molecule has 0 aliphatic rings. The Morgan fingerprint density at radius 2 is 2.05 bits per heavy atom. The first-order valence-electron chi connectivity index (χ1n) is 5.66. The quantitative estimate of drug-likeness (QED) is 0.740. The van der Waals surface area contributed by atoms with Crippen molar-refractivity contribution < 1.29 is 23.4 Å². The maximum atomic E-state index is 12.3. The Morgan fingerprint density at radius 1 is 1.38 bits per heavy atom. The summed E-state index contributed by atoms with van der Waals surface area (Å²) in [5, 5.41) is 22.2. The molecule has 0 amide bonds. The van der Waals surface area contributed by atoms with E-state index < -0.39 is 27.3 Å². The van der Waals surface area contributed by atoms with Gasteiger partial charge < -0.3 is 10.2 Å². The van der Waals surface area contributed by atoms with Crippen molar-refractivity contribution in [2.24, 2.45) is 7.05 Å². The maximum absolute atomic E-state index is 12.3. The van der Waals surface area contributed by atoms with Gasteiger partial charge in [-0.1, -0.05) is 0 Å². The van der Waals surface area contributed by atoms with Crippen molar-refractivity contribution in [2.75, 3.05) is 4.72 Å². The van der Waals surface area contributed by atoms with E-state index in [-0.39, 0.29) is 16.4 Å². The molecule has 9 nitrogen and oxygen atoms in total. The summed E-state index contributed by atoms with van der Waals surface area (Å²) in [4.78, 5) is 14.4. The number of carboxylic acids is 1. The van der Waals surface area contributed by atoms with E-state index in [0.29, 0.717) is 0 Å². The Kier molecular flexibility index (Phi) is 3.56. The lowest BCUT2D eigenvalue weighted by Gasteiger charge is -2.11. The largest absolute Gasteiger partial charge is 0.507 e. The van der Waals surface area contributed by atoms with Crippen molar-refractivity contribution >= 4 is 21.9 Å². The number of rotatable bonds is 4. The second-order valence-electron chi connectivity index (χ2n) is 4.25. The van der Waals surface area contributed by atoms with Crippen LogP contribution in [0.25, 0.3) is 0 Å². The minimum absolute atomic E-state index is 0.0145. The number of phenols is 1. The highest BCUT2D eigenvalue weighted by Gasteiger charge is 2.23. The second-order valence-corrected chi connectivity index (χ2v) is 5.90. The molecular formula is C11H12N4O5S. The van der Waals surface area contributed by atoms with Gasteiger partial charge in [0, 0.05) is 7.05 Å². The number of aromatic hydroxyl groups is 1. The number of carboxylic acid groups (broad SMARTS) is 1. The summed E-state index contributed by atoms with van der Waals surface area (Å²) in [6, 6.07) is 1.97. The standard InChI is InChI=1S/C11H12N4O5S/c1-6-3-8(16)7(10(17)18)4-9(6)21(19,20)14-11-12-5-13-15(11)2/h3-5,16H,1-2H3,(H,17,18)(H,12,13,14). The van der Waals surface area contributed by atoms with Crippen LogP contribution in [0.1, 0.15) is 15.9 Å². The number of nitrogens with zero attached hydrogens (tertiary/aromatic N) is 3. The van der Waals surface area contributed by atoms with Gasteiger partial charge in [0.25, 0.3) is 10.0 Å². The van der Waals surface area contributed by atoms with Crippen LogP contribution in [-0.4, -0.2) is 39.4 Å². The first kappa shape index (κ1) is 14.8. The molecule has 1 aromatic heterocycles. The van der Waals surface area contributed by atoms with Crippen molar-refractivity contribution in [3.05, 3.63) is 29.6 Å². The third-order valence-corrected chi connectivity index (χ3v) is 4.22. The molecular weight excluding hydrogens is 300 g/mol. The van der Waals surface area contributed by atoms with Gasteiger partial charge in [-0.2, -0.15) is 10.1 Å². The molecule has 10 heteroatoms. The van der Waals surface area contributed by atoms with E-state index in [1.54, 1.807) is 0 Å². The van der Waals surface area contributed by atoms with Crippen molar-refractivity contribution in [2.45, 2.75) is 11.8 Å². The Labute approximate surface area is 119 Å². The Morgan fingerprint density at radius 3 is 2.57 bits per heavy atom. The molecule has 21 heavy (non-hydrogen) atoms. The minimum atomic E-state index is -4.06. The number of carbonyl (C=O) groups is 1. The van der Waals surface area contributed by atoms with Crippen LogP contribution in [0.2, 0.25) is 0 Å². The number of hydrogen-bond donors (Lipinski definition) is 3. The van der Waals surface area contributed by atoms with Crippen molar-refractivity contribution in [1.82, 2.24) is 14.8 Å². The third-order valence-electron chi connectivity index (χ3n) is 2.75. The van der Waals surface area contributed by atoms with Gasteiger partial charge in [0.1, 0.15) is 17.6 Å². The molecule has 3 N–H and O–H groups in total. The lowest BCUT2D eigenvalue weighted by molar-refractivity contribution is 0.0693. The van der Waals surface area contributed by atoms with Crippen molar-refractivity contribution in [3.8, 4) is 5.75 Å². The highest BCUT2D eigenvalue weighted by atomic mass is 32.2. The number of anilines is 1. The number of aromatic carboxylic acids is 1. The molecule has 2 rings (SSSR count). The zero-order valence-electron chi connectivity index (χ0n) is 11.1. The first-order valence-corrected chi connectivity index (χ1v) is 7.14. The van der Waals surface area contributed by atoms with Crippen molar-refractivity contribution in [3.63, 3.8) is 0 Å². The first-order chi connectivity index (χ1) is 9.72. The SMILES string of the molecule is Cc1cc(O)c(C(=O)O)cc1S(=O)(=O)Nc1ncnn1C. The highest BCUT2D eigenvalue weighted by molar-refractivity contribution is 7.92. The van der Waals surface area contributed by atoms with Crippen LogP contribution in [0.4, 0.5) is 5.95 Å². The Balaban J connectivity index is 2.52. The molecule has 0 fully saturated rings. The van der Waals surface area contributed by atoms with Gasteiger partial charge in [0.05, 0.1) is 4.90 Å². The highest BCUT2D eigenvalue weighted by Crippen LogP contribution is 2.26. The summed E-state index contributed by atoms with van der Waals surface area (Å²) >= 11 is 0. The number of nitrogens with one attached hydrogen (secondary N) is 1. The monoisotopic (exact) mass is 312 g/mol. The lowest BCUT2D eigenvalue weighted by Crippen LogP contribution is -2.18. The minimum Gasteiger partial charge on any atom is -0.507 e. The molecule has 0 saturated heterocycles. The summed E-state index contributed by atoms with van der Waals surface area (Å²) < 4.78 is 28.0. The van der Waals surface area contributed by atoms with E-state index in [1.165, 1.54) is 25.0 Å². The average molecular weight is 312 g/mol. The molecule has 0 bridgehead atoms. The van der Waals surface area contributed by atoms with E-state index in [4.69, 9.17) is 5.11 Å². The maximum Gasteiger partial charge on any atom is 0.339 e. The normalized spacial score (nSPS) is 11.3. The topological polar surface area (TPSA) is 134 Å². The molecule has 112 valence electrons. The van der Waals surface area contributed by atoms with Crippen LogP contribution in [0, 0.1) is 6.92 Å². The summed E-state index contributed by atoms with van der Waals surface area (Å²) in [5.74, 6) is -1.94. The van der Waals surface area contributed by atoms with Crippen LogP contribution < -0.4 is 4.72 Å². The fraction of sp³-hybridized carbons (Fsp3) is 0.182. The van der Waals surface area contributed by atoms with E-state index in [9.17, 15) is 18.3 Å². The molecule has 0 radical (unpaired) electrons. The Hall–Kier alpha value is -2.62. The Bertz CT molecular complexity index is 812. The van der Waals surface area contributed by atoms with E-state index in [1.807, 2.05) is 0 Å². The molecule has 0 spiro atoms. The molecule has 0 aliphatic carbocycles. The van der Waals surface area contributed by atoms with Gasteiger partial charge in [-0.25, -0.2) is 22.6 Å². The fourth-order valence-corrected chi connectivity index (χ4v) is 2.99. The number of aryl methyl sites for hydroxylation is 2. The summed E-state index contributed by atoms with van der Waals surface area (Å²) in [6.45, 7) is 1.44. The van der Waals surface area contributed by atoms with Crippen LogP contribution in [-0.2, 0) is 17.1 Å². The summed E-state index contributed by atoms with van der Waals surface area (Å²) in [6.07, 6.45) is 1.17. The van der Waals surface area contributed by atoms with Gasteiger partial charge in [0.15, 0.2) is 0 Å². The molecule has 1 heterocycles. The van der Waals surface area contributed by atoms with Gasteiger partial charge in [-0.15, -0.1) is 0 Å². The van der Waals surface area contributed by atoms with Gasteiger partial charge in [0.2, 0.25) is 5.95 Å². The van der Waals surface area contributed by atoms with Gasteiger partial charge >= 0.3 is 5.97 Å². The van der Waals surface area contributed by atoms with Crippen LogP contribution in [0.3, 0.4) is 0 Å². The van der Waals surface area contributed by atoms with Crippen LogP contribution in [0.15, 0.2) is 23.4 Å². The number of benzene rings is 1. The average Bonchev–Trinajstić information content (AvgIpc) is 2.73. The molecule has 0 atom stereocenters. The number of sulfonamides is 1. The molecule has 0 saturated carbocycles. The lowest BCUT2D eigenvalue weighted by atomic mass is 10.1. The number of hydrogen-bond acceptors (Lipinski definition) is 6. The van der Waals surface area contributed by atoms with Crippen LogP contribution in [0.5, 0.6) is 5.75 Å². The second kappa shape index (κ2) is 5.05. The zero-order valence-corrected chi connectivity index (χ0v) is 11.9. The third kappa shape index (κ3) is 2.79. The fourth-order valence-electron chi connectivity index (χ4n) is 1.70. The van der Waals surface area contributed by atoms with E-state index >= 15 is 0 Å². The number of aromatic nitrogens is 3. The predicted octanol–water partition coefficient (Wildman–Crippen LogP) is 0.328. The van der Waals surface area contributed by atoms with E-state index in [2.05, 4.69) is 14.8 Å². The smallest absolute Gasteiger partial charge is 0.339 e. The molecule has 2 aromatic rings.